The Balaban J connectivity index is 2.03. The Morgan fingerprint density at radius 2 is 1.95 bits per heavy atom. The van der Waals surface area contributed by atoms with Gasteiger partial charge in [0, 0.05) is 37.5 Å². The molecule has 0 amide bonds. The van der Waals surface area contributed by atoms with E-state index in [1.54, 1.807) is 11.0 Å². The van der Waals surface area contributed by atoms with Crippen LogP contribution in [0.15, 0.2) is 18.7 Å². The summed E-state index contributed by atoms with van der Waals surface area (Å²) in [6, 6.07) is 0. The first-order valence-electron chi connectivity index (χ1n) is 6.47. The largest absolute Gasteiger partial charge is 0.370 e. The second-order valence-corrected chi connectivity index (χ2v) is 4.50. The number of hydrogen-bond donors (Lipinski definition) is 2. The van der Waals surface area contributed by atoms with Gasteiger partial charge in [0.05, 0.1) is 6.20 Å². The molecule has 0 saturated heterocycles. The van der Waals surface area contributed by atoms with Crippen molar-refractivity contribution < 1.29 is 0 Å². The highest BCUT2D eigenvalue weighted by molar-refractivity contribution is 5.56. The van der Waals surface area contributed by atoms with Crippen LogP contribution in [-0.4, -0.2) is 26.3 Å². The second-order valence-electron chi connectivity index (χ2n) is 4.50. The van der Waals surface area contributed by atoms with Crippen LogP contribution in [0.4, 0.5) is 11.6 Å². The number of aromatic nitrogens is 4. The summed E-state index contributed by atoms with van der Waals surface area (Å²) in [7, 11) is 1.91. The highest BCUT2D eigenvalue weighted by Crippen LogP contribution is 2.18. The van der Waals surface area contributed by atoms with Gasteiger partial charge in [-0.15, -0.1) is 0 Å². The van der Waals surface area contributed by atoms with Crippen molar-refractivity contribution >= 4 is 11.6 Å². The molecule has 0 radical (unpaired) electrons. The first-order valence-corrected chi connectivity index (χ1v) is 6.47. The Bertz CT molecular complexity index is 534. The molecule has 0 unspecified atom stereocenters. The smallest absolute Gasteiger partial charge is 0.134 e. The Labute approximate surface area is 113 Å². The molecule has 0 aliphatic carbocycles. The van der Waals surface area contributed by atoms with Crippen molar-refractivity contribution in [2.24, 2.45) is 7.05 Å². The van der Waals surface area contributed by atoms with Crippen LogP contribution in [-0.2, 0) is 13.6 Å². The van der Waals surface area contributed by atoms with E-state index in [1.807, 2.05) is 26.4 Å². The van der Waals surface area contributed by atoms with Gasteiger partial charge in [0.1, 0.15) is 18.0 Å². The third-order valence-electron chi connectivity index (χ3n) is 2.84. The van der Waals surface area contributed by atoms with Gasteiger partial charge >= 0.3 is 0 Å². The van der Waals surface area contributed by atoms with Crippen molar-refractivity contribution in [2.75, 3.05) is 17.2 Å². The maximum Gasteiger partial charge on any atom is 0.134 e. The molecule has 0 aliphatic rings. The minimum atomic E-state index is 0.707. The lowest BCUT2D eigenvalue weighted by Crippen LogP contribution is -2.08. The number of nitrogens with one attached hydrogen (secondary N) is 2. The molecule has 0 atom stereocenters. The molecular formula is C13H20N6. The van der Waals surface area contributed by atoms with Crippen LogP contribution >= 0.6 is 0 Å². The summed E-state index contributed by atoms with van der Waals surface area (Å²) in [5.41, 5.74) is 2.17. The van der Waals surface area contributed by atoms with E-state index in [0.717, 1.165) is 35.7 Å². The first-order chi connectivity index (χ1) is 9.20. The van der Waals surface area contributed by atoms with Gasteiger partial charge in [-0.3, -0.25) is 4.68 Å². The zero-order valence-corrected chi connectivity index (χ0v) is 11.6. The molecule has 6 heteroatoms. The fourth-order valence-corrected chi connectivity index (χ4v) is 1.80. The Morgan fingerprint density at radius 3 is 2.58 bits per heavy atom. The quantitative estimate of drug-likeness (QED) is 0.831. The normalized spacial score (nSPS) is 10.5. The number of aryl methyl sites for hydroxylation is 1. The molecule has 102 valence electrons. The minimum Gasteiger partial charge on any atom is -0.370 e. The van der Waals surface area contributed by atoms with E-state index < -0.39 is 0 Å². The molecule has 0 spiro atoms. The molecule has 6 nitrogen and oxygen atoms in total. The zero-order chi connectivity index (χ0) is 13.7. The fourth-order valence-electron chi connectivity index (χ4n) is 1.80. The molecule has 0 aromatic carbocycles. The lowest BCUT2D eigenvalue weighted by atomic mass is 10.3. The monoisotopic (exact) mass is 260 g/mol. The van der Waals surface area contributed by atoms with E-state index in [2.05, 4.69) is 32.6 Å². The third-order valence-corrected chi connectivity index (χ3v) is 2.84. The molecule has 0 fully saturated rings. The Morgan fingerprint density at radius 1 is 1.21 bits per heavy atom. The van der Waals surface area contributed by atoms with Crippen LogP contribution in [0.3, 0.4) is 0 Å². The van der Waals surface area contributed by atoms with Gasteiger partial charge < -0.3 is 10.6 Å². The molecule has 0 aliphatic heterocycles. The van der Waals surface area contributed by atoms with E-state index in [-0.39, 0.29) is 0 Å². The highest BCUT2D eigenvalue weighted by Gasteiger charge is 2.06. The number of nitrogens with zero attached hydrogens (tertiary/aromatic N) is 4. The summed E-state index contributed by atoms with van der Waals surface area (Å²) >= 11 is 0. The van der Waals surface area contributed by atoms with Gasteiger partial charge in [-0.2, -0.15) is 5.10 Å². The van der Waals surface area contributed by atoms with E-state index in [4.69, 9.17) is 0 Å². The molecule has 2 N–H and O–H groups in total. The van der Waals surface area contributed by atoms with Crippen LogP contribution in [0, 0.1) is 6.92 Å². The molecule has 2 aromatic heterocycles. The van der Waals surface area contributed by atoms with Crippen molar-refractivity contribution in [1.82, 2.24) is 19.7 Å². The number of anilines is 2. The van der Waals surface area contributed by atoms with Crippen molar-refractivity contribution in [3.05, 3.63) is 29.8 Å². The number of hydrogen-bond acceptors (Lipinski definition) is 5. The van der Waals surface area contributed by atoms with Gasteiger partial charge in [-0.25, -0.2) is 9.97 Å². The van der Waals surface area contributed by atoms with E-state index >= 15 is 0 Å². The summed E-state index contributed by atoms with van der Waals surface area (Å²) in [6.45, 7) is 5.77. The molecule has 2 rings (SSSR count). The predicted octanol–water partition coefficient (Wildman–Crippen LogP) is 1.95. The van der Waals surface area contributed by atoms with E-state index in [0.29, 0.717) is 6.54 Å². The minimum absolute atomic E-state index is 0.707. The average Bonchev–Trinajstić information content (AvgIpc) is 2.82. The molecule has 0 saturated carbocycles. The molecule has 2 heterocycles. The van der Waals surface area contributed by atoms with E-state index in [1.165, 1.54) is 0 Å². The van der Waals surface area contributed by atoms with Crippen LogP contribution in [0.5, 0.6) is 0 Å². The topological polar surface area (TPSA) is 67.7 Å². The van der Waals surface area contributed by atoms with Gasteiger partial charge in [0.25, 0.3) is 0 Å². The maximum absolute atomic E-state index is 4.28. The van der Waals surface area contributed by atoms with Crippen molar-refractivity contribution in [3.8, 4) is 0 Å². The van der Waals surface area contributed by atoms with E-state index in [9.17, 15) is 0 Å². The van der Waals surface area contributed by atoms with Crippen molar-refractivity contribution in [1.29, 1.82) is 0 Å². The lowest BCUT2D eigenvalue weighted by Gasteiger charge is -2.11. The van der Waals surface area contributed by atoms with Crippen LogP contribution in [0.1, 0.15) is 24.5 Å². The van der Waals surface area contributed by atoms with Gasteiger partial charge in [0.2, 0.25) is 0 Å². The predicted molar refractivity (Wildman–Crippen MR) is 76.1 cm³/mol. The maximum atomic E-state index is 4.28. The summed E-state index contributed by atoms with van der Waals surface area (Å²) in [4.78, 5) is 8.54. The van der Waals surface area contributed by atoms with Crippen LogP contribution in [0.25, 0.3) is 0 Å². The fraction of sp³-hybridized carbons (Fsp3) is 0.462. The number of rotatable bonds is 6. The molecule has 2 aromatic rings. The molecule has 0 bridgehead atoms. The second kappa shape index (κ2) is 6.17. The standard InChI is InChI=1S/C13H20N6/c1-4-5-14-12-10(2)13(17-9-16-12)15-6-11-7-18-19(3)8-11/h7-9H,4-6H2,1-3H3,(H2,14,15,16,17). The first kappa shape index (κ1) is 13.3. The molecule has 19 heavy (non-hydrogen) atoms. The summed E-state index contributed by atoms with van der Waals surface area (Å²) in [5, 5.41) is 10.8. The van der Waals surface area contributed by atoms with Gasteiger partial charge in [0.15, 0.2) is 0 Å². The van der Waals surface area contributed by atoms with Crippen LogP contribution in [0.2, 0.25) is 0 Å². The lowest BCUT2D eigenvalue weighted by molar-refractivity contribution is 0.767. The SMILES string of the molecule is CCCNc1ncnc(NCc2cnn(C)c2)c1C. The summed E-state index contributed by atoms with van der Waals surface area (Å²) in [6.07, 6.45) is 6.48. The molecular weight excluding hydrogens is 240 g/mol. The Kier molecular flexibility index (Phi) is 4.33. The third kappa shape index (κ3) is 3.43. The highest BCUT2D eigenvalue weighted by atomic mass is 15.2. The zero-order valence-electron chi connectivity index (χ0n) is 11.6. The summed E-state index contributed by atoms with van der Waals surface area (Å²) < 4.78 is 1.79. The Hall–Kier alpha value is -2.11. The summed E-state index contributed by atoms with van der Waals surface area (Å²) in [5.74, 6) is 1.75. The van der Waals surface area contributed by atoms with Gasteiger partial charge in [-0.05, 0) is 13.3 Å². The van der Waals surface area contributed by atoms with Gasteiger partial charge in [-0.1, -0.05) is 6.92 Å². The van der Waals surface area contributed by atoms with Crippen molar-refractivity contribution in [2.45, 2.75) is 26.8 Å². The van der Waals surface area contributed by atoms with Crippen LogP contribution < -0.4 is 10.6 Å². The van der Waals surface area contributed by atoms with Crippen molar-refractivity contribution in [3.63, 3.8) is 0 Å². The average molecular weight is 260 g/mol.